The van der Waals surface area contributed by atoms with Gasteiger partial charge in [0.1, 0.15) is 0 Å². The minimum atomic E-state index is -0.487. The van der Waals surface area contributed by atoms with Gasteiger partial charge in [-0.2, -0.15) is 0 Å². The predicted molar refractivity (Wildman–Crippen MR) is 83.4 cm³/mol. The quantitative estimate of drug-likeness (QED) is 0.732. The minimum absolute atomic E-state index is 0.154. The third-order valence-corrected chi connectivity index (χ3v) is 3.62. The maximum absolute atomic E-state index is 12.1. The SMILES string of the molecule is O=C(Nc1ccc2c(c1)OCO2)Nc1ccc2c(c1)C(=O)NC2=O. The van der Waals surface area contributed by atoms with E-state index >= 15 is 0 Å². The molecule has 2 aliphatic rings. The molecule has 2 aromatic rings. The molecule has 2 aliphatic heterocycles. The number of amides is 4. The van der Waals surface area contributed by atoms with Crippen LogP contribution in [0, 0.1) is 0 Å². The monoisotopic (exact) mass is 325 g/mol. The first-order valence-electron chi connectivity index (χ1n) is 7.07. The van der Waals surface area contributed by atoms with Crippen molar-refractivity contribution < 1.29 is 23.9 Å². The molecule has 0 atom stereocenters. The highest BCUT2D eigenvalue weighted by Crippen LogP contribution is 2.34. The Morgan fingerprint density at radius 2 is 1.54 bits per heavy atom. The van der Waals surface area contributed by atoms with Crippen LogP contribution in [0.3, 0.4) is 0 Å². The van der Waals surface area contributed by atoms with E-state index in [0.717, 1.165) is 0 Å². The summed E-state index contributed by atoms with van der Waals surface area (Å²) < 4.78 is 10.4. The van der Waals surface area contributed by atoms with E-state index in [2.05, 4.69) is 16.0 Å². The molecule has 4 amide bonds. The highest BCUT2D eigenvalue weighted by Gasteiger charge is 2.26. The zero-order chi connectivity index (χ0) is 16.7. The highest BCUT2D eigenvalue weighted by atomic mass is 16.7. The second-order valence-corrected chi connectivity index (χ2v) is 5.19. The van der Waals surface area contributed by atoms with E-state index in [1.807, 2.05) is 0 Å². The number of imide groups is 1. The van der Waals surface area contributed by atoms with E-state index in [1.165, 1.54) is 12.1 Å². The second-order valence-electron chi connectivity index (χ2n) is 5.19. The van der Waals surface area contributed by atoms with Crippen molar-refractivity contribution in [1.29, 1.82) is 0 Å². The van der Waals surface area contributed by atoms with Gasteiger partial charge in [0.15, 0.2) is 11.5 Å². The smallest absolute Gasteiger partial charge is 0.323 e. The summed E-state index contributed by atoms with van der Waals surface area (Å²) in [6.45, 7) is 0.154. The number of ether oxygens (including phenoxy) is 2. The van der Waals surface area contributed by atoms with Gasteiger partial charge in [0.25, 0.3) is 11.8 Å². The Morgan fingerprint density at radius 3 is 2.38 bits per heavy atom. The first kappa shape index (κ1) is 14.1. The number of urea groups is 1. The zero-order valence-corrected chi connectivity index (χ0v) is 12.2. The van der Waals surface area contributed by atoms with Crippen LogP contribution >= 0.6 is 0 Å². The summed E-state index contributed by atoms with van der Waals surface area (Å²) in [5.74, 6) is 0.261. The van der Waals surface area contributed by atoms with Crippen LogP contribution in [-0.2, 0) is 0 Å². The largest absolute Gasteiger partial charge is 0.454 e. The molecule has 3 N–H and O–H groups in total. The molecule has 0 saturated carbocycles. The Kier molecular flexibility index (Phi) is 3.09. The molecule has 0 spiro atoms. The van der Waals surface area contributed by atoms with Crippen molar-refractivity contribution in [2.75, 3.05) is 17.4 Å². The molecule has 0 radical (unpaired) electrons. The molecule has 0 aliphatic carbocycles. The molecule has 0 aromatic heterocycles. The number of carbonyl (C=O) groups excluding carboxylic acids is 3. The molecule has 0 bridgehead atoms. The molecule has 4 rings (SSSR count). The number of hydrogen-bond acceptors (Lipinski definition) is 5. The third kappa shape index (κ3) is 2.39. The van der Waals surface area contributed by atoms with E-state index in [9.17, 15) is 14.4 Å². The maximum atomic E-state index is 12.1. The van der Waals surface area contributed by atoms with Crippen molar-refractivity contribution in [1.82, 2.24) is 5.32 Å². The van der Waals surface area contributed by atoms with Crippen molar-refractivity contribution in [3.05, 3.63) is 47.5 Å². The Labute approximate surface area is 135 Å². The van der Waals surface area contributed by atoms with Gasteiger partial charge < -0.3 is 20.1 Å². The molecular weight excluding hydrogens is 314 g/mol. The van der Waals surface area contributed by atoms with Crippen molar-refractivity contribution in [2.45, 2.75) is 0 Å². The normalized spacial score (nSPS) is 14.2. The number of carbonyl (C=O) groups is 3. The van der Waals surface area contributed by atoms with Gasteiger partial charge in [-0.05, 0) is 30.3 Å². The van der Waals surface area contributed by atoms with Gasteiger partial charge in [-0.25, -0.2) is 4.79 Å². The van der Waals surface area contributed by atoms with Gasteiger partial charge in [0.2, 0.25) is 6.79 Å². The summed E-state index contributed by atoms with van der Waals surface area (Å²) in [6.07, 6.45) is 0. The highest BCUT2D eigenvalue weighted by molar-refractivity contribution is 6.22. The molecule has 0 fully saturated rings. The van der Waals surface area contributed by atoms with Gasteiger partial charge in [-0.3, -0.25) is 14.9 Å². The molecule has 120 valence electrons. The average Bonchev–Trinajstić information content (AvgIpc) is 3.12. The lowest BCUT2D eigenvalue weighted by Gasteiger charge is -2.09. The van der Waals surface area contributed by atoms with E-state index in [4.69, 9.17) is 9.47 Å². The second kappa shape index (κ2) is 5.27. The number of rotatable bonds is 2. The lowest BCUT2D eigenvalue weighted by atomic mass is 10.1. The van der Waals surface area contributed by atoms with Crippen LogP contribution in [0.25, 0.3) is 0 Å². The molecule has 8 nitrogen and oxygen atoms in total. The van der Waals surface area contributed by atoms with E-state index in [-0.39, 0.29) is 12.4 Å². The summed E-state index contributed by atoms with van der Waals surface area (Å²) >= 11 is 0. The summed E-state index contributed by atoms with van der Waals surface area (Å²) in [6, 6.07) is 9.04. The number of nitrogens with one attached hydrogen (secondary N) is 3. The molecule has 0 unspecified atom stereocenters. The Balaban J connectivity index is 1.48. The lowest BCUT2D eigenvalue weighted by Crippen LogP contribution is -2.20. The lowest BCUT2D eigenvalue weighted by molar-refractivity contribution is 0.0879. The van der Waals surface area contributed by atoms with E-state index in [0.29, 0.717) is 28.4 Å². The van der Waals surface area contributed by atoms with Gasteiger partial charge >= 0.3 is 6.03 Å². The molecule has 2 heterocycles. The number of anilines is 2. The summed E-state index contributed by atoms with van der Waals surface area (Å²) in [4.78, 5) is 35.2. The van der Waals surface area contributed by atoms with Crippen LogP contribution in [0.5, 0.6) is 11.5 Å². The van der Waals surface area contributed by atoms with Gasteiger partial charge in [-0.15, -0.1) is 0 Å². The topological polar surface area (TPSA) is 106 Å². The number of benzene rings is 2. The van der Waals surface area contributed by atoms with Gasteiger partial charge in [0.05, 0.1) is 11.1 Å². The molecule has 2 aromatic carbocycles. The van der Waals surface area contributed by atoms with Crippen LogP contribution in [0.1, 0.15) is 20.7 Å². The fraction of sp³-hybridized carbons (Fsp3) is 0.0625. The standard InChI is InChI=1S/C16H11N3O5/c20-14-10-3-1-8(5-11(10)15(21)19-14)17-16(22)18-9-2-4-12-13(6-9)24-7-23-12/h1-6H,7H2,(H2,17,18,22)(H,19,20,21). The zero-order valence-electron chi connectivity index (χ0n) is 12.2. The minimum Gasteiger partial charge on any atom is -0.454 e. The fourth-order valence-corrected chi connectivity index (χ4v) is 2.51. The van der Waals surface area contributed by atoms with Crippen LogP contribution < -0.4 is 25.4 Å². The Morgan fingerprint density at radius 1 is 0.875 bits per heavy atom. The predicted octanol–water partition coefficient (Wildman–Crippen LogP) is 1.94. The van der Waals surface area contributed by atoms with Crippen LogP contribution in [0.4, 0.5) is 16.2 Å². The Bertz CT molecular complexity index is 893. The average molecular weight is 325 g/mol. The number of hydrogen-bond donors (Lipinski definition) is 3. The molecular formula is C16H11N3O5. The van der Waals surface area contributed by atoms with Crippen LogP contribution in [-0.4, -0.2) is 24.6 Å². The molecule has 24 heavy (non-hydrogen) atoms. The Hall–Kier alpha value is -3.55. The van der Waals surface area contributed by atoms with Gasteiger partial charge in [0, 0.05) is 17.4 Å². The first-order chi connectivity index (χ1) is 11.6. The van der Waals surface area contributed by atoms with Gasteiger partial charge in [-0.1, -0.05) is 0 Å². The molecule has 0 saturated heterocycles. The van der Waals surface area contributed by atoms with Crippen molar-refractivity contribution in [2.24, 2.45) is 0 Å². The van der Waals surface area contributed by atoms with E-state index < -0.39 is 17.8 Å². The fourth-order valence-electron chi connectivity index (χ4n) is 2.51. The van der Waals surface area contributed by atoms with E-state index in [1.54, 1.807) is 24.3 Å². The summed E-state index contributed by atoms with van der Waals surface area (Å²) in [5, 5.41) is 7.46. The summed E-state index contributed by atoms with van der Waals surface area (Å²) in [5.41, 5.74) is 1.46. The van der Waals surface area contributed by atoms with Crippen molar-refractivity contribution in [3.63, 3.8) is 0 Å². The molecule has 8 heteroatoms. The third-order valence-electron chi connectivity index (χ3n) is 3.62. The van der Waals surface area contributed by atoms with Crippen LogP contribution in [0.15, 0.2) is 36.4 Å². The summed E-state index contributed by atoms with van der Waals surface area (Å²) in [7, 11) is 0. The van der Waals surface area contributed by atoms with Crippen molar-refractivity contribution >= 4 is 29.2 Å². The first-order valence-corrected chi connectivity index (χ1v) is 7.07. The van der Waals surface area contributed by atoms with Crippen LogP contribution in [0.2, 0.25) is 0 Å². The number of fused-ring (bicyclic) bond motifs is 2. The maximum Gasteiger partial charge on any atom is 0.323 e. The van der Waals surface area contributed by atoms with Crippen molar-refractivity contribution in [3.8, 4) is 11.5 Å².